The van der Waals surface area contributed by atoms with Crippen LogP contribution in [0.1, 0.15) is 12.0 Å². The number of aromatic nitrogens is 3. The maximum absolute atomic E-state index is 12.6. The van der Waals surface area contributed by atoms with Crippen molar-refractivity contribution >= 4 is 44.9 Å². The molecule has 2 aromatic heterocycles. The van der Waals surface area contributed by atoms with Crippen molar-refractivity contribution in [2.45, 2.75) is 12.8 Å². The number of nitrogens with one attached hydrogen (secondary N) is 1. The third kappa shape index (κ3) is 4.02. The highest BCUT2D eigenvalue weighted by Gasteiger charge is 2.11. The van der Waals surface area contributed by atoms with Gasteiger partial charge in [0.1, 0.15) is 0 Å². The van der Waals surface area contributed by atoms with Gasteiger partial charge in [0.25, 0.3) is 10.1 Å². The van der Waals surface area contributed by atoms with Gasteiger partial charge in [0.2, 0.25) is 0 Å². The van der Waals surface area contributed by atoms with Crippen molar-refractivity contribution in [1.29, 1.82) is 0 Å². The van der Waals surface area contributed by atoms with E-state index < -0.39 is 27.5 Å². The van der Waals surface area contributed by atoms with E-state index in [4.69, 9.17) is 9.66 Å². The van der Waals surface area contributed by atoms with E-state index in [0.717, 1.165) is 0 Å². The van der Waals surface area contributed by atoms with E-state index in [1.807, 2.05) is 0 Å². The SMILES string of the molecule is C=C/C=c1\c(=C/CCS(=O)(=O)O)[nH]c(=O)n2c1nc1cc(CC(=O)O)ccc12. The molecular formula is C18H17N3O6S. The molecule has 0 fully saturated rings. The number of carboxylic acids is 1. The van der Waals surface area contributed by atoms with Crippen molar-refractivity contribution in [3.63, 3.8) is 0 Å². The molecule has 0 bridgehead atoms. The number of hydrogen-bond donors (Lipinski definition) is 3. The van der Waals surface area contributed by atoms with Gasteiger partial charge in [-0.15, -0.1) is 0 Å². The molecule has 0 atom stereocenters. The second kappa shape index (κ2) is 7.41. The van der Waals surface area contributed by atoms with Crippen LogP contribution in [-0.4, -0.2) is 44.2 Å². The van der Waals surface area contributed by atoms with Crippen LogP contribution in [0, 0.1) is 0 Å². The minimum Gasteiger partial charge on any atom is -0.481 e. The van der Waals surface area contributed by atoms with Gasteiger partial charge in [-0.1, -0.05) is 24.8 Å². The number of hydrogen-bond acceptors (Lipinski definition) is 5. The third-order valence-electron chi connectivity index (χ3n) is 4.06. The Kier molecular flexibility index (Phi) is 5.16. The third-order valence-corrected chi connectivity index (χ3v) is 4.81. The maximum Gasteiger partial charge on any atom is 0.332 e. The lowest BCUT2D eigenvalue weighted by atomic mass is 10.1. The number of rotatable bonds is 6. The Labute approximate surface area is 158 Å². The van der Waals surface area contributed by atoms with Gasteiger partial charge < -0.3 is 10.1 Å². The molecule has 0 saturated heterocycles. The molecule has 0 radical (unpaired) electrons. The molecule has 28 heavy (non-hydrogen) atoms. The number of aliphatic carboxylic acids is 1. The number of carboxylic acid groups (broad SMARTS) is 1. The zero-order valence-electron chi connectivity index (χ0n) is 14.6. The summed E-state index contributed by atoms with van der Waals surface area (Å²) in [6.07, 6.45) is 4.43. The van der Waals surface area contributed by atoms with Gasteiger partial charge in [0, 0.05) is 10.6 Å². The Morgan fingerprint density at radius 3 is 2.75 bits per heavy atom. The Balaban J connectivity index is 2.29. The van der Waals surface area contributed by atoms with Crippen molar-refractivity contribution in [3.05, 3.63) is 57.5 Å². The number of fused-ring (bicyclic) bond motifs is 3. The number of allylic oxidation sites excluding steroid dienone is 1. The summed E-state index contributed by atoms with van der Waals surface area (Å²) in [6, 6.07) is 4.85. The van der Waals surface area contributed by atoms with Crippen LogP contribution in [0.25, 0.3) is 28.8 Å². The molecule has 0 aliphatic carbocycles. The lowest BCUT2D eigenvalue weighted by molar-refractivity contribution is -0.136. The van der Waals surface area contributed by atoms with E-state index >= 15 is 0 Å². The standard InChI is InChI=1S/C18H17N3O6S/c1-2-4-12-13(5-3-8-28(25,26)27)20-18(24)21-15-7-6-11(10-16(22)23)9-14(15)19-17(12)21/h2,4-7,9H,1,3,8,10H2,(H,20,24)(H,22,23)(H,25,26,27)/b12-4+,13-5+. The minimum absolute atomic E-state index is 0.00802. The molecule has 1 aromatic carbocycles. The summed E-state index contributed by atoms with van der Waals surface area (Å²) in [7, 11) is -4.13. The first-order valence-electron chi connectivity index (χ1n) is 8.23. The summed E-state index contributed by atoms with van der Waals surface area (Å²) in [5, 5.41) is 9.82. The number of carbonyl (C=O) groups is 1. The van der Waals surface area contributed by atoms with Crippen molar-refractivity contribution in [1.82, 2.24) is 14.4 Å². The molecule has 10 heteroatoms. The van der Waals surface area contributed by atoms with Gasteiger partial charge in [-0.3, -0.25) is 9.35 Å². The van der Waals surface area contributed by atoms with Crippen LogP contribution in [0.4, 0.5) is 0 Å². The average Bonchev–Trinajstić information content (AvgIpc) is 2.95. The first-order valence-corrected chi connectivity index (χ1v) is 9.84. The molecule has 0 aliphatic rings. The topological polar surface area (TPSA) is 142 Å². The van der Waals surface area contributed by atoms with Crippen molar-refractivity contribution in [3.8, 4) is 0 Å². The van der Waals surface area contributed by atoms with Crippen molar-refractivity contribution in [2.75, 3.05) is 5.75 Å². The number of nitrogens with zero attached hydrogens (tertiary/aromatic N) is 2. The fraction of sp³-hybridized carbons (Fsp3) is 0.167. The predicted octanol–water partition coefficient (Wildman–Crippen LogP) is -0.172. The molecule has 9 nitrogen and oxygen atoms in total. The fourth-order valence-corrected chi connectivity index (χ4v) is 3.37. The highest BCUT2D eigenvalue weighted by atomic mass is 32.2. The molecular weight excluding hydrogens is 386 g/mol. The monoisotopic (exact) mass is 403 g/mol. The normalized spacial score (nSPS) is 13.5. The zero-order valence-corrected chi connectivity index (χ0v) is 15.4. The Bertz CT molecular complexity index is 1380. The largest absolute Gasteiger partial charge is 0.481 e. The van der Waals surface area contributed by atoms with Gasteiger partial charge in [-0.25, -0.2) is 14.2 Å². The summed E-state index contributed by atoms with van der Waals surface area (Å²) in [6.45, 7) is 3.65. The second-order valence-electron chi connectivity index (χ2n) is 6.10. The van der Waals surface area contributed by atoms with Crippen LogP contribution < -0.4 is 16.3 Å². The molecule has 0 amide bonds. The number of imidazole rings is 1. The molecule has 0 saturated carbocycles. The maximum atomic E-state index is 12.6. The zero-order chi connectivity index (χ0) is 20.5. The van der Waals surface area contributed by atoms with Gasteiger partial charge in [-0.2, -0.15) is 8.42 Å². The fourth-order valence-electron chi connectivity index (χ4n) is 2.95. The Hall–Kier alpha value is -3.24. The van der Waals surface area contributed by atoms with Crippen LogP contribution in [-0.2, 0) is 21.3 Å². The van der Waals surface area contributed by atoms with Gasteiger partial charge in [0.15, 0.2) is 5.65 Å². The first kappa shape index (κ1) is 19.5. The van der Waals surface area contributed by atoms with Crippen molar-refractivity contribution in [2.24, 2.45) is 0 Å². The van der Waals surface area contributed by atoms with Gasteiger partial charge >= 0.3 is 11.7 Å². The molecule has 0 aliphatic heterocycles. The first-order chi connectivity index (χ1) is 13.2. The summed E-state index contributed by atoms with van der Waals surface area (Å²) in [4.78, 5) is 30.7. The molecule has 3 aromatic rings. The quantitative estimate of drug-likeness (QED) is 0.485. The van der Waals surface area contributed by atoms with E-state index in [1.54, 1.807) is 24.3 Å². The summed E-state index contributed by atoms with van der Waals surface area (Å²) >= 11 is 0. The van der Waals surface area contributed by atoms with Crippen LogP contribution >= 0.6 is 0 Å². The molecule has 3 rings (SSSR count). The predicted molar refractivity (Wildman–Crippen MR) is 104 cm³/mol. The van der Waals surface area contributed by atoms with E-state index in [0.29, 0.717) is 32.8 Å². The van der Waals surface area contributed by atoms with E-state index in [1.165, 1.54) is 16.6 Å². The van der Waals surface area contributed by atoms with Crippen molar-refractivity contribution < 1.29 is 22.9 Å². The highest BCUT2D eigenvalue weighted by molar-refractivity contribution is 7.85. The number of benzene rings is 1. The number of H-pyrrole nitrogens is 1. The summed E-state index contributed by atoms with van der Waals surface area (Å²) < 4.78 is 32.1. The van der Waals surface area contributed by atoms with E-state index in [9.17, 15) is 18.0 Å². The van der Waals surface area contributed by atoms with Crippen LogP contribution in [0.2, 0.25) is 0 Å². The van der Waals surface area contributed by atoms with Crippen LogP contribution in [0.3, 0.4) is 0 Å². The van der Waals surface area contributed by atoms with Gasteiger partial charge in [0.05, 0.1) is 23.2 Å². The second-order valence-corrected chi connectivity index (χ2v) is 7.68. The lowest BCUT2D eigenvalue weighted by Crippen LogP contribution is -2.38. The van der Waals surface area contributed by atoms with Crippen LogP contribution in [0.5, 0.6) is 0 Å². The van der Waals surface area contributed by atoms with E-state index in [2.05, 4.69) is 16.5 Å². The lowest BCUT2D eigenvalue weighted by Gasteiger charge is -1.99. The Morgan fingerprint density at radius 1 is 1.36 bits per heavy atom. The Morgan fingerprint density at radius 2 is 2.11 bits per heavy atom. The molecule has 0 spiro atoms. The minimum atomic E-state index is -4.13. The molecule has 2 heterocycles. The molecule has 146 valence electrons. The van der Waals surface area contributed by atoms with Crippen LogP contribution in [0.15, 0.2) is 35.6 Å². The van der Waals surface area contributed by atoms with E-state index in [-0.39, 0.29) is 12.8 Å². The summed E-state index contributed by atoms with van der Waals surface area (Å²) in [5.74, 6) is -1.46. The smallest absolute Gasteiger partial charge is 0.332 e. The summed E-state index contributed by atoms with van der Waals surface area (Å²) in [5.41, 5.74) is 1.35. The highest BCUT2D eigenvalue weighted by Crippen LogP contribution is 2.15. The number of aromatic amines is 1. The molecule has 0 unspecified atom stereocenters. The van der Waals surface area contributed by atoms with Gasteiger partial charge in [-0.05, 0) is 30.2 Å². The average molecular weight is 403 g/mol. The molecule has 3 N–H and O–H groups in total.